The Balaban J connectivity index is 2.12. The zero-order valence-corrected chi connectivity index (χ0v) is 13.8. The van der Waals surface area contributed by atoms with E-state index >= 15 is 0 Å². The van der Waals surface area contributed by atoms with Gasteiger partial charge in [0.2, 0.25) is 0 Å². The SMILES string of the molecule is CC(C)(C(N)Cc1c(F)cccc1Cl)N1CCCCCC1. The van der Waals surface area contributed by atoms with Crippen LogP contribution in [0.2, 0.25) is 5.02 Å². The van der Waals surface area contributed by atoms with Gasteiger partial charge >= 0.3 is 0 Å². The maximum absolute atomic E-state index is 14.0. The fourth-order valence-electron chi connectivity index (χ4n) is 3.08. The van der Waals surface area contributed by atoms with Crippen LogP contribution in [0.15, 0.2) is 18.2 Å². The highest BCUT2D eigenvalue weighted by Crippen LogP contribution is 2.27. The molecule has 0 saturated carbocycles. The number of hydrogen-bond donors (Lipinski definition) is 1. The highest BCUT2D eigenvalue weighted by atomic mass is 35.5. The number of halogens is 2. The second-order valence-electron chi connectivity index (χ2n) is 6.57. The molecule has 2 nitrogen and oxygen atoms in total. The van der Waals surface area contributed by atoms with Gasteiger partial charge in [-0.05, 0) is 58.3 Å². The molecule has 0 bridgehead atoms. The molecule has 1 saturated heterocycles. The van der Waals surface area contributed by atoms with Crippen LogP contribution in [0.5, 0.6) is 0 Å². The summed E-state index contributed by atoms with van der Waals surface area (Å²) in [6.45, 7) is 6.48. The standard InChI is InChI=1S/C17H26ClFN2/c1-17(2,21-10-5-3-4-6-11-21)16(20)12-13-14(18)8-7-9-15(13)19/h7-9,16H,3-6,10-12,20H2,1-2H3. The first-order chi connectivity index (χ1) is 9.93. The minimum atomic E-state index is -0.260. The average Bonchev–Trinajstić information content (AvgIpc) is 2.72. The normalized spacial score (nSPS) is 19.3. The highest BCUT2D eigenvalue weighted by molar-refractivity contribution is 6.31. The van der Waals surface area contributed by atoms with E-state index in [0.717, 1.165) is 13.1 Å². The van der Waals surface area contributed by atoms with E-state index in [-0.39, 0.29) is 17.4 Å². The highest BCUT2D eigenvalue weighted by Gasteiger charge is 2.34. The molecule has 1 aromatic carbocycles. The lowest BCUT2D eigenvalue weighted by molar-refractivity contribution is 0.0976. The zero-order valence-electron chi connectivity index (χ0n) is 13.0. The van der Waals surface area contributed by atoms with Crippen LogP contribution in [-0.4, -0.2) is 29.6 Å². The van der Waals surface area contributed by atoms with Crippen LogP contribution in [0.3, 0.4) is 0 Å². The summed E-state index contributed by atoms with van der Waals surface area (Å²) in [7, 11) is 0. The van der Waals surface area contributed by atoms with Crippen molar-refractivity contribution >= 4 is 11.6 Å². The Morgan fingerprint density at radius 3 is 2.43 bits per heavy atom. The molecule has 0 radical (unpaired) electrons. The minimum absolute atomic E-state index is 0.148. The van der Waals surface area contributed by atoms with Crippen molar-refractivity contribution < 1.29 is 4.39 Å². The van der Waals surface area contributed by atoms with Crippen LogP contribution < -0.4 is 5.73 Å². The first kappa shape index (κ1) is 16.7. The second kappa shape index (κ2) is 7.08. The average molecular weight is 313 g/mol. The molecule has 0 amide bonds. The Morgan fingerprint density at radius 2 is 1.86 bits per heavy atom. The van der Waals surface area contributed by atoms with Gasteiger partial charge in [0.05, 0.1) is 0 Å². The maximum Gasteiger partial charge on any atom is 0.127 e. The van der Waals surface area contributed by atoms with Crippen LogP contribution in [0.4, 0.5) is 4.39 Å². The number of hydrogen-bond acceptors (Lipinski definition) is 2. The Labute approximate surface area is 132 Å². The van der Waals surface area contributed by atoms with Gasteiger partial charge in [0.1, 0.15) is 5.82 Å². The summed E-state index contributed by atoms with van der Waals surface area (Å²) in [6.07, 6.45) is 5.49. The topological polar surface area (TPSA) is 29.3 Å². The van der Waals surface area contributed by atoms with Crippen LogP contribution >= 0.6 is 11.6 Å². The maximum atomic E-state index is 14.0. The van der Waals surface area contributed by atoms with Gasteiger partial charge in [0.25, 0.3) is 0 Å². The predicted molar refractivity (Wildman–Crippen MR) is 87.2 cm³/mol. The van der Waals surface area contributed by atoms with Gasteiger partial charge in [-0.2, -0.15) is 0 Å². The fourth-order valence-corrected chi connectivity index (χ4v) is 3.32. The van der Waals surface area contributed by atoms with E-state index in [4.69, 9.17) is 17.3 Å². The van der Waals surface area contributed by atoms with Crippen LogP contribution in [-0.2, 0) is 6.42 Å². The summed E-state index contributed by atoms with van der Waals surface area (Å²) in [6, 6.07) is 4.66. The van der Waals surface area contributed by atoms with Crippen LogP contribution in [0.25, 0.3) is 0 Å². The van der Waals surface area contributed by atoms with Gasteiger partial charge in [-0.25, -0.2) is 4.39 Å². The van der Waals surface area contributed by atoms with E-state index in [0.29, 0.717) is 17.0 Å². The van der Waals surface area contributed by atoms with Crippen molar-refractivity contribution in [1.82, 2.24) is 4.90 Å². The molecule has 1 heterocycles. The molecule has 2 rings (SSSR count). The molecule has 1 atom stereocenters. The van der Waals surface area contributed by atoms with Crippen molar-refractivity contribution in [3.63, 3.8) is 0 Å². The molecule has 2 N–H and O–H groups in total. The Morgan fingerprint density at radius 1 is 1.24 bits per heavy atom. The van der Waals surface area contributed by atoms with Gasteiger partial charge < -0.3 is 5.73 Å². The van der Waals surface area contributed by atoms with Gasteiger partial charge in [-0.3, -0.25) is 4.90 Å². The van der Waals surface area contributed by atoms with Crippen LogP contribution in [0, 0.1) is 5.82 Å². The largest absolute Gasteiger partial charge is 0.326 e. The van der Waals surface area contributed by atoms with Gasteiger partial charge in [0.15, 0.2) is 0 Å². The molecule has 1 aliphatic heterocycles. The van der Waals surface area contributed by atoms with Crippen molar-refractivity contribution in [3.8, 4) is 0 Å². The smallest absolute Gasteiger partial charge is 0.127 e. The number of nitrogens with zero attached hydrogens (tertiary/aromatic N) is 1. The summed E-state index contributed by atoms with van der Waals surface area (Å²) in [5, 5.41) is 0.470. The van der Waals surface area contributed by atoms with E-state index in [9.17, 15) is 4.39 Å². The third kappa shape index (κ3) is 3.97. The number of rotatable bonds is 4. The molecule has 1 aliphatic rings. The van der Waals surface area contributed by atoms with Crippen molar-refractivity contribution in [2.45, 2.75) is 57.5 Å². The number of benzene rings is 1. The van der Waals surface area contributed by atoms with Crippen LogP contribution in [0.1, 0.15) is 45.1 Å². The molecular weight excluding hydrogens is 287 g/mol. The first-order valence-electron chi connectivity index (χ1n) is 7.86. The van der Waals surface area contributed by atoms with E-state index in [1.54, 1.807) is 12.1 Å². The molecular formula is C17H26ClFN2. The van der Waals surface area contributed by atoms with E-state index in [1.165, 1.54) is 31.7 Å². The van der Waals surface area contributed by atoms with Gasteiger partial charge in [-0.1, -0.05) is 30.5 Å². The van der Waals surface area contributed by atoms with Gasteiger partial charge in [0, 0.05) is 22.2 Å². The summed E-state index contributed by atoms with van der Waals surface area (Å²) in [4.78, 5) is 2.46. The number of likely N-dealkylation sites (tertiary alicyclic amines) is 1. The Bertz CT molecular complexity index is 448. The third-order valence-electron chi connectivity index (χ3n) is 4.81. The monoisotopic (exact) mass is 312 g/mol. The molecule has 0 aliphatic carbocycles. The Hall–Kier alpha value is -0.640. The summed E-state index contributed by atoms with van der Waals surface area (Å²) >= 11 is 6.13. The molecule has 0 spiro atoms. The minimum Gasteiger partial charge on any atom is -0.326 e. The Kier molecular flexibility index (Phi) is 5.64. The molecule has 1 unspecified atom stereocenters. The summed E-state index contributed by atoms with van der Waals surface area (Å²) in [5.41, 5.74) is 6.82. The molecule has 21 heavy (non-hydrogen) atoms. The molecule has 1 aromatic rings. The van der Waals surface area contributed by atoms with Crippen molar-refractivity contribution in [2.75, 3.05) is 13.1 Å². The summed E-state index contributed by atoms with van der Waals surface area (Å²) < 4.78 is 14.0. The lowest BCUT2D eigenvalue weighted by atomic mass is 9.87. The third-order valence-corrected chi connectivity index (χ3v) is 5.17. The van der Waals surface area contributed by atoms with Crippen molar-refractivity contribution in [1.29, 1.82) is 0 Å². The molecule has 0 aromatic heterocycles. The fraction of sp³-hybridized carbons (Fsp3) is 0.647. The lowest BCUT2D eigenvalue weighted by Crippen LogP contribution is -2.57. The van der Waals surface area contributed by atoms with Crippen molar-refractivity contribution in [3.05, 3.63) is 34.6 Å². The molecule has 1 fully saturated rings. The summed E-state index contributed by atoms with van der Waals surface area (Å²) in [5.74, 6) is -0.260. The van der Waals surface area contributed by atoms with E-state index in [1.807, 2.05) is 0 Å². The second-order valence-corrected chi connectivity index (χ2v) is 6.97. The van der Waals surface area contributed by atoms with E-state index in [2.05, 4.69) is 18.7 Å². The predicted octanol–water partition coefficient (Wildman–Crippen LogP) is 4.00. The number of nitrogens with two attached hydrogens (primary N) is 1. The first-order valence-corrected chi connectivity index (χ1v) is 8.24. The lowest BCUT2D eigenvalue weighted by Gasteiger charge is -2.42. The zero-order chi connectivity index (χ0) is 15.5. The quantitative estimate of drug-likeness (QED) is 0.910. The van der Waals surface area contributed by atoms with Crippen molar-refractivity contribution in [2.24, 2.45) is 5.73 Å². The van der Waals surface area contributed by atoms with Gasteiger partial charge in [-0.15, -0.1) is 0 Å². The molecule has 4 heteroatoms. The van der Waals surface area contributed by atoms with E-state index < -0.39 is 0 Å². The molecule has 118 valence electrons.